The van der Waals surface area contributed by atoms with Crippen LogP contribution in [0.4, 0.5) is 5.13 Å². The number of esters is 1. The molecule has 4 heterocycles. The molecular formula is C20H18N4O4S2. The van der Waals surface area contributed by atoms with E-state index in [1.807, 2.05) is 17.5 Å². The second-order valence-electron chi connectivity index (χ2n) is 6.28. The van der Waals surface area contributed by atoms with Crippen LogP contribution in [0.1, 0.15) is 33.6 Å². The number of rotatable bonds is 8. The first-order valence-corrected chi connectivity index (χ1v) is 10.9. The first kappa shape index (κ1) is 20.0. The molecule has 1 atom stereocenters. The first-order chi connectivity index (χ1) is 14.7. The molecule has 30 heavy (non-hydrogen) atoms. The van der Waals surface area contributed by atoms with Gasteiger partial charge in [-0.3, -0.25) is 4.79 Å². The fourth-order valence-corrected chi connectivity index (χ4v) is 4.32. The van der Waals surface area contributed by atoms with Crippen LogP contribution in [0.15, 0.2) is 63.5 Å². The highest BCUT2D eigenvalue weighted by Crippen LogP contribution is 2.34. The summed E-state index contributed by atoms with van der Waals surface area (Å²) >= 11 is 2.83. The Hall–Kier alpha value is -3.24. The number of carbonyl (C=O) groups is 2. The maximum absolute atomic E-state index is 12.8. The molecule has 0 bridgehead atoms. The van der Waals surface area contributed by atoms with Crippen molar-refractivity contribution in [2.75, 3.05) is 18.5 Å². The zero-order valence-corrected chi connectivity index (χ0v) is 17.4. The summed E-state index contributed by atoms with van der Waals surface area (Å²) in [6, 6.07) is 7.08. The summed E-state index contributed by atoms with van der Waals surface area (Å²) in [5, 5.41) is 12.9. The van der Waals surface area contributed by atoms with E-state index in [0.717, 1.165) is 10.6 Å². The number of aromatic nitrogens is 1. The summed E-state index contributed by atoms with van der Waals surface area (Å²) < 4.78 is 10.7. The van der Waals surface area contributed by atoms with Gasteiger partial charge in [-0.05, 0) is 23.6 Å². The van der Waals surface area contributed by atoms with Crippen LogP contribution in [-0.4, -0.2) is 40.7 Å². The third kappa shape index (κ3) is 4.34. The Morgan fingerprint density at radius 2 is 2.27 bits per heavy atom. The predicted octanol–water partition coefficient (Wildman–Crippen LogP) is 3.93. The number of thiazole rings is 1. The minimum atomic E-state index is -0.664. The fourth-order valence-electron chi connectivity index (χ4n) is 2.91. The van der Waals surface area contributed by atoms with Crippen LogP contribution in [0, 0.1) is 0 Å². The number of anilines is 1. The maximum atomic E-state index is 12.8. The lowest BCUT2D eigenvalue weighted by Crippen LogP contribution is -2.31. The lowest BCUT2D eigenvalue weighted by molar-refractivity contribution is -0.136. The molecule has 3 aromatic rings. The fraction of sp³-hybridized carbons (Fsp3) is 0.200. The molecular weight excluding hydrogens is 424 g/mol. The summed E-state index contributed by atoms with van der Waals surface area (Å²) in [5.74, 6) is -0.471. The summed E-state index contributed by atoms with van der Waals surface area (Å²) in [5.41, 5.74) is 0.939. The van der Waals surface area contributed by atoms with Crippen LogP contribution in [0.2, 0.25) is 0 Å². The average molecular weight is 443 g/mol. The lowest BCUT2D eigenvalue weighted by atomic mass is 10.1. The first-order valence-electron chi connectivity index (χ1n) is 9.10. The van der Waals surface area contributed by atoms with E-state index in [9.17, 15) is 9.59 Å². The van der Waals surface area contributed by atoms with Crippen molar-refractivity contribution in [2.45, 2.75) is 12.5 Å². The van der Waals surface area contributed by atoms with Crippen molar-refractivity contribution in [2.24, 2.45) is 5.10 Å². The zero-order valence-electron chi connectivity index (χ0n) is 15.8. The van der Waals surface area contributed by atoms with Gasteiger partial charge in [0, 0.05) is 18.3 Å². The van der Waals surface area contributed by atoms with Gasteiger partial charge >= 0.3 is 5.97 Å². The van der Waals surface area contributed by atoms with Crippen molar-refractivity contribution >= 4 is 45.4 Å². The standard InChI is InChI=1S/C20H18N4O4S2/c1-2-7-21-20-22-14(12-30-20)19(26)28-11-18(25)24-15(16-5-3-8-27-16)10-13(23-24)17-6-4-9-29-17/h2-6,8-9,12,15H,1,7,10-11H2,(H,21,22). The largest absolute Gasteiger partial charge is 0.467 e. The Morgan fingerprint density at radius 3 is 3.00 bits per heavy atom. The molecule has 1 aliphatic heterocycles. The minimum Gasteiger partial charge on any atom is -0.467 e. The molecule has 0 saturated heterocycles. The molecule has 1 aliphatic rings. The number of nitrogens with zero attached hydrogens (tertiary/aromatic N) is 3. The molecule has 0 spiro atoms. The lowest BCUT2D eigenvalue weighted by Gasteiger charge is -2.19. The van der Waals surface area contributed by atoms with Crippen molar-refractivity contribution in [3.63, 3.8) is 0 Å². The topological polar surface area (TPSA) is 97.0 Å². The second-order valence-corrected chi connectivity index (χ2v) is 8.09. The predicted molar refractivity (Wildman–Crippen MR) is 115 cm³/mol. The smallest absolute Gasteiger partial charge is 0.358 e. The molecule has 0 fully saturated rings. The highest BCUT2D eigenvalue weighted by atomic mass is 32.1. The van der Waals surface area contributed by atoms with E-state index in [-0.39, 0.29) is 11.7 Å². The Bertz CT molecular complexity index is 1060. The van der Waals surface area contributed by atoms with Crippen molar-refractivity contribution in [3.05, 3.63) is 70.3 Å². The highest BCUT2D eigenvalue weighted by Gasteiger charge is 2.35. The Labute approximate surface area is 180 Å². The van der Waals surface area contributed by atoms with Gasteiger partial charge < -0.3 is 14.5 Å². The van der Waals surface area contributed by atoms with E-state index in [4.69, 9.17) is 9.15 Å². The second kappa shape index (κ2) is 9.06. The SMILES string of the molecule is C=CCNc1nc(C(=O)OCC(=O)N2N=C(c3cccs3)CC2c2ccco2)cs1. The van der Waals surface area contributed by atoms with Crippen molar-refractivity contribution in [1.29, 1.82) is 0 Å². The van der Waals surface area contributed by atoms with Crippen LogP contribution in [0.3, 0.4) is 0 Å². The van der Waals surface area contributed by atoms with E-state index in [2.05, 4.69) is 22.0 Å². The number of hydrogen-bond acceptors (Lipinski definition) is 9. The van der Waals surface area contributed by atoms with Gasteiger partial charge in [-0.2, -0.15) is 5.10 Å². The molecule has 1 unspecified atom stereocenters. The number of carbonyl (C=O) groups excluding carboxylic acids is 2. The Balaban J connectivity index is 1.43. The number of hydrazone groups is 1. The summed E-state index contributed by atoms with van der Waals surface area (Å²) in [6.45, 7) is 3.71. The summed E-state index contributed by atoms with van der Waals surface area (Å²) in [6.07, 6.45) is 3.77. The van der Waals surface area contributed by atoms with Crippen molar-refractivity contribution in [1.82, 2.24) is 9.99 Å². The number of amides is 1. The van der Waals surface area contributed by atoms with Gasteiger partial charge in [0.25, 0.3) is 5.91 Å². The van der Waals surface area contributed by atoms with E-state index in [1.54, 1.807) is 41.2 Å². The highest BCUT2D eigenvalue weighted by molar-refractivity contribution is 7.13. The molecule has 0 radical (unpaired) electrons. The molecule has 3 aromatic heterocycles. The Morgan fingerprint density at radius 1 is 1.37 bits per heavy atom. The molecule has 154 valence electrons. The quantitative estimate of drug-likeness (QED) is 0.419. The summed E-state index contributed by atoms with van der Waals surface area (Å²) in [7, 11) is 0. The number of ether oxygens (including phenoxy) is 1. The molecule has 1 N–H and O–H groups in total. The summed E-state index contributed by atoms with van der Waals surface area (Å²) in [4.78, 5) is 30.2. The van der Waals surface area contributed by atoms with Gasteiger partial charge in [0.1, 0.15) is 11.8 Å². The van der Waals surface area contributed by atoms with Gasteiger partial charge in [0.05, 0.1) is 16.9 Å². The van der Waals surface area contributed by atoms with Gasteiger partial charge in [-0.15, -0.1) is 29.3 Å². The third-order valence-electron chi connectivity index (χ3n) is 4.28. The van der Waals surface area contributed by atoms with E-state index in [1.165, 1.54) is 16.3 Å². The van der Waals surface area contributed by atoms with Gasteiger partial charge in [-0.25, -0.2) is 14.8 Å². The molecule has 0 saturated carbocycles. The molecule has 0 aliphatic carbocycles. The van der Waals surface area contributed by atoms with Crippen LogP contribution in [0.5, 0.6) is 0 Å². The van der Waals surface area contributed by atoms with Gasteiger partial charge in [0.2, 0.25) is 0 Å². The number of thiophene rings is 1. The van der Waals surface area contributed by atoms with Crippen molar-refractivity contribution < 1.29 is 18.7 Å². The number of furan rings is 1. The van der Waals surface area contributed by atoms with Crippen molar-refractivity contribution in [3.8, 4) is 0 Å². The van der Waals surface area contributed by atoms with Gasteiger partial charge in [0.15, 0.2) is 17.4 Å². The third-order valence-corrected chi connectivity index (χ3v) is 6.00. The number of hydrogen-bond donors (Lipinski definition) is 1. The van der Waals surface area contributed by atoms with Gasteiger partial charge in [-0.1, -0.05) is 12.1 Å². The molecule has 0 aromatic carbocycles. The zero-order chi connectivity index (χ0) is 20.9. The van der Waals surface area contributed by atoms with E-state index < -0.39 is 18.5 Å². The minimum absolute atomic E-state index is 0.145. The molecule has 4 rings (SSSR count). The van der Waals surface area contributed by atoms with Crippen LogP contribution >= 0.6 is 22.7 Å². The maximum Gasteiger partial charge on any atom is 0.358 e. The number of nitrogens with one attached hydrogen (secondary N) is 1. The Kier molecular flexibility index (Phi) is 6.05. The van der Waals surface area contributed by atoms with E-state index in [0.29, 0.717) is 23.9 Å². The monoisotopic (exact) mass is 442 g/mol. The molecule has 1 amide bonds. The van der Waals surface area contributed by atoms with Crippen LogP contribution < -0.4 is 5.32 Å². The normalized spacial score (nSPS) is 15.7. The van der Waals surface area contributed by atoms with E-state index >= 15 is 0 Å². The molecule has 10 heteroatoms. The molecule has 8 nitrogen and oxygen atoms in total. The average Bonchev–Trinajstić information content (AvgIpc) is 3.56. The van der Waals surface area contributed by atoms with Crippen LogP contribution in [-0.2, 0) is 9.53 Å². The van der Waals surface area contributed by atoms with Crippen LogP contribution in [0.25, 0.3) is 0 Å².